The number of ether oxygens (including phenoxy) is 1. The summed E-state index contributed by atoms with van der Waals surface area (Å²) in [6.45, 7) is 6.44. The number of hydrogen-bond acceptors (Lipinski definition) is 5. The molecule has 1 fully saturated rings. The predicted molar refractivity (Wildman–Crippen MR) is 100 cm³/mol. The number of benzene rings is 1. The Kier molecular flexibility index (Phi) is 7.45. The van der Waals surface area contributed by atoms with Gasteiger partial charge in [0.15, 0.2) is 0 Å². The number of halogens is 3. The Morgan fingerprint density at radius 3 is 2.29 bits per heavy atom. The van der Waals surface area contributed by atoms with Crippen molar-refractivity contribution in [1.29, 1.82) is 0 Å². The van der Waals surface area contributed by atoms with Crippen LogP contribution in [0.15, 0.2) is 36.5 Å². The third kappa shape index (κ3) is 6.26. The van der Waals surface area contributed by atoms with Crippen LogP contribution in [0.3, 0.4) is 0 Å². The molecule has 1 unspecified atom stereocenters. The third-order valence-electron chi connectivity index (χ3n) is 4.25. The van der Waals surface area contributed by atoms with Crippen molar-refractivity contribution in [2.24, 2.45) is 5.92 Å². The maximum atomic E-state index is 12.5. The molecule has 0 spiro atoms. The van der Waals surface area contributed by atoms with Gasteiger partial charge in [0, 0.05) is 36.7 Å². The van der Waals surface area contributed by atoms with Crippen LogP contribution >= 0.6 is 0 Å². The van der Waals surface area contributed by atoms with Crippen LogP contribution in [-0.2, 0) is 14.3 Å². The van der Waals surface area contributed by atoms with E-state index in [4.69, 9.17) is 4.74 Å². The predicted octanol–water partition coefficient (Wildman–Crippen LogP) is 2.72. The largest absolute Gasteiger partial charge is 0.454 e. The average molecular weight is 399 g/mol. The SMILES string of the molecule is CC(C)C(N/C=C/C(=O)C(F)(F)F)C(=O)Nc1ccc(N2CCOCC2)cc1. The molecule has 0 saturated carbocycles. The van der Waals surface area contributed by atoms with Crippen LogP contribution < -0.4 is 15.5 Å². The van der Waals surface area contributed by atoms with Gasteiger partial charge in [-0.1, -0.05) is 13.8 Å². The molecule has 2 rings (SSSR count). The summed E-state index contributed by atoms with van der Waals surface area (Å²) in [4.78, 5) is 25.5. The zero-order valence-corrected chi connectivity index (χ0v) is 15.8. The van der Waals surface area contributed by atoms with Crippen molar-refractivity contribution in [2.75, 3.05) is 36.5 Å². The normalized spacial score (nSPS) is 16.3. The lowest BCUT2D eigenvalue weighted by molar-refractivity contribution is -0.165. The van der Waals surface area contributed by atoms with Crippen molar-refractivity contribution in [2.45, 2.75) is 26.1 Å². The van der Waals surface area contributed by atoms with E-state index in [1.54, 1.807) is 26.0 Å². The van der Waals surface area contributed by atoms with E-state index in [1.807, 2.05) is 12.1 Å². The van der Waals surface area contributed by atoms with Gasteiger partial charge in [-0.05, 0) is 30.2 Å². The van der Waals surface area contributed by atoms with Gasteiger partial charge < -0.3 is 20.3 Å². The van der Waals surface area contributed by atoms with Crippen molar-refractivity contribution in [3.8, 4) is 0 Å². The zero-order chi connectivity index (χ0) is 20.7. The number of amides is 1. The molecule has 1 saturated heterocycles. The second kappa shape index (κ2) is 9.59. The summed E-state index contributed by atoms with van der Waals surface area (Å²) in [5.74, 6) is -2.60. The highest BCUT2D eigenvalue weighted by Gasteiger charge is 2.36. The molecule has 28 heavy (non-hydrogen) atoms. The quantitative estimate of drug-likeness (QED) is 0.690. The lowest BCUT2D eigenvalue weighted by atomic mass is 10.0. The van der Waals surface area contributed by atoms with Gasteiger partial charge in [-0.3, -0.25) is 9.59 Å². The standard InChI is InChI=1S/C19H24F3N3O3/c1-13(2)17(23-8-7-16(26)19(20,21)22)18(27)24-14-3-5-15(6-4-14)25-9-11-28-12-10-25/h3-8,13,17,23H,9-12H2,1-2H3,(H,24,27)/b8-7+. The van der Waals surface area contributed by atoms with Crippen LogP contribution in [0.1, 0.15) is 13.8 Å². The maximum absolute atomic E-state index is 12.5. The van der Waals surface area contributed by atoms with E-state index in [2.05, 4.69) is 15.5 Å². The number of allylic oxidation sites excluding steroid dienone is 1. The fourth-order valence-corrected chi connectivity index (χ4v) is 2.69. The highest BCUT2D eigenvalue weighted by molar-refractivity contribution is 5.96. The van der Waals surface area contributed by atoms with E-state index in [-0.39, 0.29) is 5.92 Å². The molecule has 1 aliphatic rings. The Balaban J connectivity index is 1.96. The van der Waals surface area contributed by atoms with Crippen LogP contribution in [0, 0.1) is 5.92 Å². The molecule has 1 aromatic rings. The van der Waals surface area contributed by atoms with Crippen molar-refractivity contribution in [1.82, 2.24) is 5.32 Å². The van der Waals surface area contributed by atoms with Gasteiger partial charge in [-0.2, -0.15) is 13.2 Å². The smallest absolute Gasteiger partial charge is 0.379 e. The van der Waals surface area contributed by atoms with Gasteiger partial charge >= 0.3 is 6.18 Å². The number of rotatable bonds is 7. The topological polar surface area (TPSA) is 70.7 Å². The number of nitrogens with zero attached hydrogens (tertiary/aromatic N) is 1. The summed E-state index contributed by atoms with van der Waals surface area (Å²) >= 11 is 0. The third-order valence-corrected chi connectivity index (χ3v) is 4.25. The number of morpholine rings is 1. The molecule has 0 radical (unpaired) electrons. The second-order valence-corrected chi connectivity index (χ2v) is 6.72. The Morgan fingerprint density at radius 2 is 1.75 bits per heavy atom. The summed E-state index contributed by atoms with van der Waals surface area (Å²) in [5, 5.41) is 5.31. The van der Waals surface area contributed by atoms with E-state index < -0.39 is 23.9 Å². The fraction of sp³-hybridized carbons (Fsp3) is 0.474. The molecule has 1 amide bonds. The van der Waals surface area contributed by atoms with Gasteiger partial charge in [-0.25, -0.2) is 0 Å². The van der Waals surface area contributed by atoms with Gasteiger partial charge in [0.25, 0.3) is 5.78 Å². The maximum Gasteiger partial charge on any atom is 0.454 e. The minimum absolute atomic E-state index is 0.210. The number of anilines is 2. The first-order chi connectivity index (χ1) is 13.2. The second-order valence-electron chi connectivity index (χ2n) is 6.72. The summed E-state index contributed by atoms with van der Waals surface area (Å²) in [5.41, 5.74) is 1.60. The van der Waals surface area contributed by atoms with E-state index in [0.29, 0.717) is 25.0 Å². The number of ketones is 1. The first-order valence-corrected chi connectivity index (χ1v) is 8.96. The molecular formula is C19H24F3N3O3. The molecular weight excluding hydrogens is 375 g/mol. The molecule has 154 valence electrons. The molecule has 9 heteroatoms. The Bertz CT molecular complexity index is 697. The molecule has 0 aromatic heterocycles. The first-order valence-electron chi connectivity index (χ1n) is 8.96. The summed E-state index contributed by atoms with van der Waals surface area (Å²) in [6.07, 6.45) is -3.70. The summed E-state index contributed by atoms with van der Waals surface area (Å²) < 4.78 is 42.0. The Hall–Kier alpha value is -2.55. The number of nitrogens with one attached hydrogen (secondary N) is 2. The number of hydrogen-bond donors (Lipinski definition) is 2. The lowest BCUT2D eigenvalue weighted by Gasteiger charge is -2.29. The molecule has 2 N–H and O–H groups in total. The van der Waals surface area contributed by atoms with E-state index in [1.165, 1.54) is 0 Å². The highest BCUT2D eigenvalue weighted by atomic mass is 19.4. The monoisotopic (exact) mass is 399 g/mol. The lowest BCUT2D eigenvalue weighted by Crippen LogP contribution is -2.42. The minimum atomic E-state index is -4.93. The first kappa shape index (κ1) is 21.7. The van der Waals surface area contributed by atoms with Gasteiger partial charge in [0.05, 0.1) is 13.2 Å². The van der Waals surface area contributed by atoms with Crippen molar-refractivity contribution >= 4 is 23.1 Å². The van der Waals surface area contributed by atoms with Crippen LogP contribution in [0.5, 0.6) is 0 Å². The molecule has 1 aromatic carbocycles. The fourth-order valence-electron chi connectivity index (χ4n) is 2.69. The Labute approximate surface area is 161 Å². The van der Waals surface area contributed by atoms with Gasteiger partial charge in [0.1, 0.15) is 6.04 Å². The molecule has 1 heterocycles. The van der Waals surface area contributed by atoms with Crippen LogP contribution in [-0.4, -0.2) is 50.2 Å². The molecule has 0 bridgehead atoms. The Morgan fingerprint density at radius 1 is 1.14 bits per heavy atom. The average Bonchev–Trinajstić information content (AvgIpc) is 2.65. The van der Waals surface area contributed by atoms with Gasteiger partial charge in [-0.15, -0.1) is 0 Å². The van der Waals surface area contributed by atoms with Crippen molar-refractivity contribution in [3.63, 3.8) is 0 Å². The van der Waals surface area contributed by atoms with Crippen LogP contribution in [0.4, 0.5) is 24.5 Å². The summed E-state index contributed by atoms with van der Waals surface area (Å²) in [7, 11) is 0. The molecule has 0 aliphatic carbocycles. The number of carbonyl (C=O) groups is 2. The number of alkyl halides is 3. The van der Waals surface area contributed by atoms with Crippen LogP contribution in [0.2, 0.25) is 0 Å². The van der Waals surface area contributed by atoms with Crippen molar-refractivity contribution < 1.29 is 27.5 Å². The zero-order valence-electron chi connectivity index (χ0n) is 15.8. The van der Waals surface area contributed by atoms with E-state index in [0.717, 1.165) is 25.0 Å². The highest BCUT2D eigenvalue weighted by Crippen LogP contribution is 2.20. The summed E-state index contributed by atoms with van der Waals surface area (Å²) in [6, 6.07) is 6.52. The molecule has 1 aliphatic heterocycles. The number of carbonyl (C=O) groups excluding carboxylic acids is 2. The minimum Gasteiger partial charge on any atom is -0.379 e. The van der Waals surface area contributed by atoms with E-state index in [9.17, 15) is 22.8 Å². The molecule has 6 nitrogen and oxygen atoms in total. The van der Waals surface area contributed by atoms with Gasteiger partial charge in [0.2, 0.25) is 5.91 Å². The molecule has 1 atom stereocenters. The van der Waals surface area contributed by atoms with Crippen molar-refractivity contribution in [3.05, 3.63) is 36.5 Å². The van der Waals surface area contributed by atoms with Crippen LogP contribution in [0.25, 0.3) is 0 Å². The van der Waals surface area contributed by atoms with E-state index >= 15 is 0 Å².